The molecular weight excluding hydrogens is 416 g/mol. The first-order valence-corrected chi connectivity index (χ1v) is 9.62. The summed E-state index contributed by atoms with van der Waals surface area (Å²) >= 11 is 0. The van der Waals surface area contributed by atoms with Crippen molar-refractivity contribution in [2.75, 3.05) is 0 Å². The molecule has 0 aliphatic rings. The summed E-state index contributed by atoms with van der Waals surface area (Å²) in [5, 5.41) is 22.4. The Morgan fingerprint density at radius 2 is 1.53 bits per heavy atom. The number of carboxylic acid groups (broad SMARTS) is 1. The number of carbonyl (C=O) groups is 2. The molecule has 1 amide bonds. The maximum atomic E-state index is 12.1. The van der Waals surface area contributed by atoms with Gasteiger partial charge in [0, 0.05) is 18.6 Å². The van der Waals surface area contributed by atoms with Gasteiger partial charge in [0.15, 0.2) is 0 Å². The van der Waals surface area contributed by atoms with E-state index in [0.717, 1.165) is 5.56 Å². The van der Waals surface area contributed by atoms with Crippen molar-refractivity contribution in [3.8, 4) is 11.5 Å². The minimum absolute atomic E-state index is 0.0314. The standard InChI is InChI=1S/C23H20N2O7/c26-22(27)21(24-23(28)32-20-12-8-18(9-13-20)25(29)30)14-16-6-10-19(11-7-16)31-15-17-4-2-1-3-5-17/h1-13,21H,14-15H2,(H,24,28)(H,26,27)/t21-/m0/s1. The predicted molar refractivity (Wildman–Crippen MR) is 115 cm³/mol. The molecule has 9 heteroatoms. The smallest absolute Gasteiger partial charge is 0.413 e. The van der Waals surface area contributed by atoms with Crippen LogP contribution in [0.15, 0.2) is 78.9 Å². The molecule has 32 heavy (non-hydrogen) atoms. The average Bonchev–Trinajstić information content (AvgIpc) is 2.79. The fourth-order valence-electron chi connectivity index (χ4n) is 2.81. The van der Waals surface area contributed by atoms with Crippen molar-refractivity contribution in [3.05, 3.63) is 100 Å². The van der Waals surface area contributed by atoms with Gasteiger partial charge in [0.1, 0.15) is 24.1 Å². The highest BCUT2D eigenvalue weighted by Gasteiger charge is 2.21. The summed E-state index contributed by atoms with van der Waals surface area (Å²) in [6.07, 6.45) is -0.946. The molecule has 164 valence electrons. The predicted octanol–water partition coefficient (Wildman–Crippen LogP) is 3.96. The number of nitro benzene ring substituents is 1. The van der Waals surface area contributed by atoms with E-state index in [-0.39, 0.29) is 17.9 Å². The molecule has 0 aliphatic heterocycles. The molecule has 0 aliphatic carbocycles. The van der Waals surface area contributed by atoms with Crippen molar-refractivity contribution >= 4 is 17.7 Å². The van der Waals surface area contributed by atoms with Gasteiger partial charge in [0.05, 0.1) is 4.92 Å². The van der Waals surface area contributed by atoms with E-state index < -0.39 is 23.0 Å². The van der Waals surface area contributed by atoms with Crippen molar-refractivity contribution in [1.82, 2.24) is 5.32 Å². The monoisotopic (exact) mass is 436 g/mol. The molecular formula is C23H20N2O7. The van der Waals surface area contributed by atoms with Gasteiger partial charge in [-0.15, -0.1) is 0 Å². The maximum Gasteiger partial charge on any atom is 0.413 e. The number of benzene rings is 3. The number of carboxylic acids is 1. The first-order chi connectivity index (χ1) is 15.4. The SMILES string of the molecule is O=C(N[C@@H](Cc1ccc(OCc2ccccc2)cc1)C(=O)O)Oc1ccc([N+](=O)[O-])cc1. The molecule has 0 saturated carbocycles. The van der Waals surface area contributed by atoms with Crippen LogP contribution in [0.2, 0.25) is 0 Å². The van der Waals surface area contributed by atoms with Crippen LogP contribution in [-0.2, 0) is 17.8 Å². The third-order valence-electron chi connectivity index (χ3n) is 4.46. The largest absolute Gasteiger partial charge is 0.489 e. The van der Waals surface area contributed by atoms with Crippen LogP contribution in [0.4, 0.5) is 10.5 Å². The van der Waals surface area contributed by atoms with Crippen LogP contribution in [-0.4, -0.2) is 28.1 Å². The number of aliphatic carboxylic acids is 1. The molecule has 0 radical (unpaired) electrons. The highest BCUT2D eigenvalue weighted by molar-refractivity contribution is 5.81. The number of nitrogens with zero attached hydrogens (tertiary/aromatic N) is 1. The number of hydrogen-bond acceptors (Lipinski definition) is 6. The highest BCUT2D eigenvalue weighted by Crippen LogP contribution is 2.18. The van der Waals surface area contributed by atoms with Gasteiger partial charge in [-0.1, -0.05) is 42.5 Å². The van der Waals surface area contributed by atoms with Gasteiger partial charge in [0.25, 0.3) is 5.69 Å². The van der Waals surface area contributed by atoms with Crippen LogP contribution < -0.4 is 14.8 Å². The van der Waals surface area contributed by atoms with E-state index in [9.17, 15) is 24.8 Å². The number of hydrogen-bond donors (Lipinski definition) is 2. The second kappa shape index (κ2) is 10.6. The topological polar surface area (TPSA) is 128 Å². The molecule has 0 spiro atoms. The Kier molecular flexibility index (Phi) is 7.37. The zero-order valence-corrected chi connectivity index (χ0v) is 16.8. The van der Waals surface area contributed by atoms with E-state index in [1.807, 2.05) is 30.3 Å². The third-order valence-corrected chi connectivity index (χ3v) is 4.46. The normalized spacial score (nSPS) is 11.2. The fraction of sp³-hybridized carbons (Fsp3) is 0.130. The highest BCUT2D eigenvalue weighted by atomic mass is 16.6. The molecule has 0 heterocycles. The fourth-order valence-corrected chi connectivity index (χ4v) is 2.81. The van der Waals surface area contributed by atoms with Gasteiger partial charge < -0.3 is 19.9 Å². The molecule has 1 atom stereocenters. The van der Waals surface area contributed by atoms with Crippen molar-refractivity contribution < 1.29 is 29.1 Å². The summed E-state index contributed by atoms with van der Waals surface area (Å²) in [4.78, 5) is 33.7. The lowest BCUT2D eigenvalue weighted by Gasteiger charge is -2.15. The van der Waals surface area contributed by atoms with E-state index >= 15 is 0 Å². The van der Waals surface area contributed by atoms with E-state index in [0.29, 0.717) is 17.9 Å². The Hall–Kier alpha value is -4.40. The van der Waals surface area contributed by atoms with Gasteiger partial charge in [-0.05, 0) is 35.4 Å². The second-order valence-corrected chi connectivity index (χ2v) is 6.80. The molecule has 2 N–H and O–H groups in total. The van der Waals surface area contributed by atoms with Crippen LogP contribution >= 0.6 is 0 Å². The Morgan fingerprint density at radius 3 is 2.12 bits per heavy atom. The van der Waals surface area contributed by atoms with Crippen LogP contribution in [0.1, 0.15) is 11.1 Å². The molecule has 0 fully saturated rings. The number of nitro groups is 1. The minimum atomic E-state index is -1.23. The lowest BCUT2D eigenvalue weighted by molar-refractivity contribution is -0.384. The van der Waals surface area contributed by atoms with Crippen molar-refractivity contribution in [1.29, 1.82) is 0 Å². The summed E-state index contributed by atoms with van der Waals surface area (Å²) in [7, 11) is 0. The maximum absolute atomic E-state index is 12.1. The van der Waals surface area contributed by atoms with Gasteiger partial charge in [-0.25, -0.2) is 9.59 Å². The molecule has 9 nitrogen and oxygen atoms in total. The molecule has 0 saturated heterocycles. The van der Waals surface area contributed by atoms with E-state index in [2.05, 4.69) is 5.32 Å². The molecule has 3 aromatic carbocycles. The molecule has 3 rings (SSSR count). The first-order valence-electron chi connectivity index (χ1n) is 9.62. The van der Waals surface area contributed by atoms with Crippen LogP contribution in [0.25, 0.3) is 0 Å². The Balaban J connectivity index is 1.54. The van der Waals surface area contributed by atoms with Crippen molar-refractivity contribution in [2.24, 2.45) is 0 Å². The average molecular weight is 436 g/mol. The Labute approximate surface area is 183 Å². The third kappa shape index (κ3) is 6.56. The number of non-ortho nitro benzene ring substituents is 1. The Morgan fingerprint density at radius 1 is 0.906 bits per heavy atom. The zero-order chi connectivity index (χ0) is 22.9. The Bertz CT molecular complexity index is 1070. The van der Waals surface area contributed by atoms with E-state index in [1.54, 1.807) is 24.3 Å². The molecule has 0 aromatic heterocycles. The van der Waals surface area contributed by atoms with Crippen molar-refractivity contribution in [3.63, 3.8) is 0 Å². The number of carbonyl (C=O) groups excluding carboxylic acids is 1. The summed E-state index contributed by atoms with van der Waals surface area (Å²) < 4.78 is 10.7. The zero-order valence-electron chi connectivity index (χ0n) is 16.8. The van der Waals surface area contributed by atoms with Gasteiger partial charge >= 0.3 is 12.1 Å². The number of amides is 1. The lowest BCUT2D eigenvalue weighted by atomic mass is 10.1. The first kappa shape index (κ1) is 22.3. The summed E-state index contributed by atoms with van der Waals surface area (Å²) in [6, 6.07) is 20.2. The molecule has 0 bridgehead atoms. The van der Waals surface area contributed by atoms with E-state index in [4.69, 9.17) is 9.47 Å². The minimum Gasteiger partial charge on any atom is -0.489 e. The summed E-state index contributed by atoms with van der Waals surface area (Å²) in [6.45, 7) is 0.411. The summed E-state index contributed by atoms with van der Waals surface area (Å²) in [5.41, 5.74) is 1.55. The van der Waals surface area contributed by atoms with Gasteiger partial charge in [0.2, 0.25) is 0 Å². The number of nitrogens with one attached hydrogen (secondary N) is 1. The van der Waals surface area contributed by atoms with Crippen LogP contribution in [0.3, 0.4) is 0 Å². The second-order valence-electron chi connectivity index (χ2n) is 6.80. The van der Waals surface area contributed by atoms with Crippen LogP contribution in [0.5, 0.6) is 11.5 Å². The van der Waals surface area contributed by atoms with Crippen LogP contribution in [0, 0.1) is 10.1 Å². The molecule has 0 unspecified atom stereocenters. The lowest BCUT2D eigenvalue weighted by Crippen LogP contribution is -2.43. The summed E-state index contributed by atoms with van der Waals surface area (Å²) in [5.74, 6) is -0.540. The van der Waals surface area contributed by atoms with Gasteiger partial charge in [-0.2, -0.15) is 0 Å². The molecule has 3 aromatic rings. The quantitative estimate of drug-likeness (QED) is 0.384. The van der Waals surface area contributed by atoms with E-state index in [1.165, 1.54) is 24.3 Å². The number of rotatable bonds is 9. The van der Waals surface area contributed by atoms with Gasteiger partial charge in [-0.3, -0.25) is 10.1 Å². The van der Waals surface area contributed by atoms with Crippen molar-refractivity contribution in [2.45, 2.75) is 19.1 Å². The number of ether oxygens (including phenoxy) is 2.